The van der Waals surface area contributed by atoms with Gasteiger partial charge in [-0.3, -0.25) is 4.79 Å². The van der Waals surface area contributed by atoms with Gasteiger partial charge < -0.3 is 19.8 Å². The maximum Gasteiger partial charge on any atom is 0.224 e. The van der Waals surface area contributed by atoms with Crippen LogP contribution >= 0.6 is 0 Å². The predicted molar refractivity (Wildman–Crippen MR) is 111 cm³/mol. The lowest BCUT2D eigenvalue weighted by Crippen LogP contribution is -2.07. The number of aromatic nitrogens is 5. The Balaban J connectivity index is 1.67. The molecule has 9 heteroatoms. The number of ether oxygens (including phenoxy) is 2. The summed E-state index contributed by atoms with van der Waals surface area (Å²) in [6.45, 7) is 0. The molecule has 2 N–H and O–H groups in total. The van der Waals surface area contributed by atoms with Crippen LogP contribution in [0.15, 0.2) is 43.0 Å². The number of hydrogen-bond donors (Lipinski definition) is 2. The molecule has 0 unspecified atom stereocenters. The summed E-state index contributed by atoms with van der Waals surface area (Å²) in [5, 5.41) is 3.62. The van der Waals surface area contributed by atoms with Crippen LogP contribution in [0, 0.1) is 0 Å². The van der Waals surface area contributed by atoms with Crippen LogP contribution in [0.3, 0.4) is 0 Å². The summed E-state index contributed by atoms with van der Waals surface area (Å²) in [6.07, 6.45) is 5.34. The molecule has 4 aromatic rings. The lowest BCUT2D eigenvalue weighted by Gasteiger charge is -2.10. The van der Waals surface area contributed by atoms with Gasteiger partial charge >= 0.3 is 0 Å². The van der Waals surface area contributed by atoms with Crippen molar-refractivity contribution < 1.29 is 14.3 Å². The molecule has 4 rings (SSSR count). The van der Waals surface area contributed by atoms with Crippen molar-refractivity contribution in [3.63, 3.8) is 0 Å². The first-order valence-corrected chi connectivity index (χ1v) is 9.22. The average Bonchev–Trinajstić information content (AvgIpc) is 3.23. The second-order valence-corrected chi connectivity index (χ2v) is 6.47. The van der Waals surface area contributed by atoms with Gasteiger partial charge in [0.05, 0.1) is 30.7 Å². The Bertz CT molecular complexity index is 1200. The zero-order valence-corrected chi connectivity index (χ0v) is 16.8. The summed E-state index contributed by atoms with van der Waals surface area (Å²) in [5.74, 6) is 1.15. The van der Waals surface area contributed by atoms with Gasteiger partial charge in [-0.1, -0.05) is 6.07 Å². The number of anilines is 1. The van der Waals surface area contributed by atoms with Crippen LogP contribution in [0.4, 0.5) is 5.82 Å². The highest BCUT2D eigenvalue weighted by atomic mass is 16.5. The van der Waals surface area contributed by atoms with Crippen LogP contribution < -0.4 is 14.8 Å². The lowest BCUT2D eigenvalue weighted by atomic mass is 10.0. The summed E-state index contributed by atoms with van der Waals surface area (Å²) in [4.78, 5) is 33.4. The Labute approximate surface area is 172 Å². The topological polar surface area (TPSA) is 115 Å². The van der Waals surface area contributed by atoms with Crippen LogP contribution in [0.25, 0.3) is 11.0 Å². The number of hydrogen-bond acceptors (Lipinski definition) is 8. The second-order valence-electron chi connectivity index (χ2n) is 6.47. The van der Waals surface area contributed by atoms with Crippen LogP contribution in [0.5, 0.6) is 11.8 Å². The van der Waals surface area contributed by atoms with E-state index in [1.54, 1.807) is 38.7 Å². The molecule has 0 aliphatic carbocycles. The number of carbonyl (C=O) groups is 1. The van der Waals surface area contributed by atoms with Gasteiger partial charge in [0.25, 0.3) is 0 Å². The number of ketones is 1. The fourth-order valence-corrected chi connectivity index (χ4v) is 3.23. The standard InChI is InChI=1S/C21H20N6O3/c1-22-19-17-15(10-24-20(17)26-11-25-19)18(28)14-6-5-13(27-21(14)30-3)8-12-4-7-16(29-2)23-9-12/h4-7,9-11H,8H2,1-3H3,(H2,22,24,25,26). The number of H-pyrrole nitrogens is 1. The highest BCUT2D eigenvalue weighted by Gasteiger charge is 2.22. The molecule has 0 aliphatic rings. The molecule has 30 heavy (non-hydrogen) atoms. The van der Waals surface area contributed by atoms with E-state index in [2.05, 4.69) is 30.2 Å². The molecule has 4 heterocycles. The van der Waals surface area contributed by atoms with Crippen molar-refractivity contribution >= 4 is 22.6 Å². The molecule has 4 aromatic heterocycles. The Morgan fingerprint density at radius 2 is 1.93 bits per heavy atom. The zero-order chi connectivity index (χ0) is 21.1. The van der Waals surface area contributed by atoms with Crippen LogP contribution in [0.1, 0.15) is 27.2 Å². The van der Waals surface area contributed by atoms with Gasteiger partial charge in [-0.2, -0.15) is 0 Å². The third kappa shape index (κ3) is 3.52. The molecule has 0 aromatic carbocycles. The first kappa shape index (κ1) is 19.3. The highest BCUT2D eigenvalue weighted by molar-refractivity contribution is 6.18. The summed E-state index contributed by atoms with van der Waals surface area (Å²) in [7, 11) is 4.81. The molecule has 0 amide bonds. The van der Waals surface area contributed by atoms with Gasteiger partial charge in [0.1, 0.15) is 17.8 Å². The Morgan fingerprint density at radius 3 is 2.63 bits per heavy atom. The second kappa shape index (κ2) is 8.16. The van der Waals surface area contributed by atoms with Gasteiger partial charge in [-0.25, -0.2) is 19.9 Å². The number of nitrogens with zero attached hydrogens (tertiary/aromatic N) is 4. The van der Waals surface area contributed by atoms with Gasteiger partial charge in [0.2, 0.25) is 17.5 Å². The van der Waals surface area contributed by atoms with Gasteiger partial charge in [-0.05, 0) is 17.7 Å². The molecule has 9 nitrogen and oxygen atoms in total. The van der Waals surface area contributed by atoms with Gasteiger partial charge in [0.15, 0.2) is 0 Å². The largest absolute Gasteiger partial charge is 0.481 e. The number of carbonyl (C=O) groups excluding carboxylic acids is 1. The first-order chi connectivity index (χ1) is 14.6. The Morgan fingerprint density at radius 1 is 1.07 bits per heavy atom. The van der Waals surface area contributed by atoms with E-state index >= 15 is 0 Å². The number of pyridine rings is 2. The number of methoxy groups -OCH3 is 2. The first-order valence-electron chi connectivity index (χ1n) is 9.22. The van der Waals surface area contributed by atoms with Gasteiger partial charge in [0, 0.05) is 37.6 Å². The summed E-state index contributed by atoms with van der Waals surface area (Å²) < 4.78 is 10.5. The third-order valence-electron chi connectivity index (χ3n) is 4.70. The molecule has 152 valence electrons. The molecule has 0 atom stereocenters. The number of nitrogens with one attached hydrogen (secondary N) is 2. The Kier molecular flexibility index (Phi) is 5.25. The quantitative estimate of drug-likeness (QED) is 0.452. The molecule has 0 spiro atoms. The third-order valence-corrected chi connectivity index (χ3v) is 4.70. The minimum Gasteiger partial charge on any atom is -0.481 e. The molecule has 0 saturated heterocycles. The molecule has 0 fully saturated rings. The number of aromatic amines is 1. The molecule has 0 saturated carbocycles. The van der Waals surface area contributed by atoms with E-state index in [-0.39, 0.29) is 11.7 Å². The normalized spacial score (nSPS) is 10.8. The lowest BCUT2D eigenvalue weighted by molar-refractivity contribution is 0.103. The fourth-order valence-electron chi connectivity index (χ4n) is 3.23. The van der Waals surface area contributed by atoms with Crippen LogP contribution in [-0.2, 0) is 6.42 Å². The van der Waals surface area contributed by atoms with Crippen molar-refractivity contribution in [1.82, 2.24) is 24.9 Å². The zero-order valence-electron chi connectivity index (χ0n) is 16.8. The van der Waals surface area contributed by atoms with E-state index in [1.807, 2.05) is 12.1 Å². The van der Waals surface area contributed by atoms with E-state index in [0.29, 0.717) is 40.3 Å². The van der Waals surface area contributed by atoms with Crippen LogP contribution in [0.2, 0.25) is 0 Å². The van der Waals surface area contributed by atoms with Crippen molar-refractivity contribution in [1.29, 1.82) is 0 Å². The molecule has 0 radical (unpaired) electrons. The monoisotopic (exact) mass is 404 g/mol. The maximum absolute atomic E-state index is 13.3. The summed E-state index contributed by atoms with van der Waals surface area (Å²) in [6, 6.07) is 7.25. The average molecular weight is 404 g/mol. The van der Waals surface area contributed by atoms with Crippen molar-refractivity contribution in [3.8, 4) is 11.8 Å². The van der Waals surface area contributed by atoms with Crippen LogP contribution in [-0.4, -0.2) is 52.0 Å². The SMILES string of the molecule is CNc1ncnc2[nH]cc(C(=O)c3ccc(Cc4ccc(OC)nc4)nc3OC)c12. The number of fused-ring (bicyclic) bond motifs is 1. The molecular weight excluding hydrogens is 384 g/mol. The molecule has 0 aliphatic heterocycles. The molecular formula is C21H20N6O3. The van der Waals surface area contributed by atoms with E-state index in [1.165, 1.54) is 13.4 Å². The minimum absolute atomic E-state index is 0.227. The fraction of sp³-hybridized carbons (Fsp3) is 0.190. The van der Waals surface area contributed by atoms with Crippen molar-refractivity contribution in [2.24, 2.45) is 0 Å². The smallest absolute Gasteiger partial charge is 0.224 e. The summed E-state index contributed by atoms with van der Waals surface area (Å²) >= 11 is 0. The maximum atomic E-state index is 13.3. The number of rotatable bonds is 7. The highest BCUT2D eigenvalue weighted by Crippen LogP contribution is 2.28. The van der Waals surface area contributed by atoms with E-state index in [9.17, 15) is 4.79 Å². The van der Waals surface area contributed by atoms with Gasteiger partial charge in [-0.15, -0.1) is 0 Å². The van der Waals surface area contributed by atoms with E-state index in [4.69, 9.17) is 9.47 Å². The van der Waals surface area contributed by atoms with E-state index < -0.39 is 0 Å². The van der Waals surface area contributed by atoms with Crippen molar-refractivity contribution in [3.05, 3.63) is 65.4 Å². The summed E-state index contributed by atoms with van der Waals surface area (Å²) in [5.41, 5.74) is 3.11. The minimum atomic E-state index is -0.227. The van der Waals surface area contributed by atoms with Crippen molar-refractivity contribution in [2.75, 3.05) is 26.6 Å². The van der Waals surface area contributed by atoms with E-state index in [0.717, 1.165) is 11.3 Å². The Hall–Kier alpha value is -4.01. The predicted octanol–water partition coefficient (Wildman–Crippen LogP) is 2.63. The molecule has 0 bridgehead atoms. The van der Waals surface area contributed by atoms with Crippen molar-refractivity contribution in [2.45, 2.75) is 6.42 Å².